The molecular formula is C29H25FN6O4. The number of hydrogen-bond acceptors (Lipinski definition) is 5. The van der Waals surface area contributed by atoms with Crippen LogP contribution in [0.3, 0.4) is 0 Å². The predicted molar refractivity (Wildman–Crippen MR) is 143 cm³/mol. The molecule has 7 rings (SSSR count). The first-order valence-corrected chi connectivity index (χ1v) is 13.3. The average Bonchev–Trinajstić information content (AvgIpc) is 3.58. The van der Waals surface area contributed by atoms with Gasteiger partial charge in [-0.2, -0.15) is 0 Å². The van der Waals surface area contributed by atoms with Crippen molar-refractivity contribution in [3.63, 3.8) is 0 Å². The van der Waals surface area contributed by atoms with Crippen molar-refractivity contribution in [2.75, 3.05) is 19.6 Å². The number of urea groups is 1. The molecular weight excluding hydrogens is 515 g/mol. The summed E-state index contributed by atoms with van der Waals surface area (Å²) in [7, 11) is 0. The van der Waals surface area contributed by atoms with Crippen LogP contribution in [0, 0.1) is 11.7 Å². The van der Waals surface area contributed by atoms with Gasteiger partial charge in [-0.1, -0.05) is 6.07 Å². The van der Waals surface area contributed by atoms with E-state index in [0.717, 1.165) is 11.8 Å². The first-order valence-electron chi connectivity index (χ1n) is 13.3. The van der Waals surface area contributed by atoms with Gasteiger partial charge in [0, 0.05) is 62.0 Å². The van der Waals surface area contributed by atoms with E-state index >= 15 is 4.39 Å². The number of nitrogens with zero attached hydrogens (tertiary/aromatic N) is 5. The van der Waals surface area contributed by atoms with E-state index in [9.17, 15) is 19.2 Å². The quantitative estimate of drug-likeness (QED) is 0.318. The molecule has 0 unspecified atom stereocenters. The van der Waals surface area contributed by atoms with Crippen LogP contribution in [-0.4, -0.2) is 67.5 Å². The van der Waals surface area contributed by atoms with Gasteiger partial charge in [-0.3, -0.25) is 19.3 Å². The highest BCUT2D eigenvalue weighted by Gasteiger charge is 2.36. The van der Waals surface area contributed by atoms with E-state index in [-0.39, 0.29) is 29.6 Å². The van der Waals surface area contributed by atoms with Gasteiger partial charge in [0.2, 0.25) is 0 Å². The van der Waals surface area contributed by atoms with Crippen LogP contribution in [0.2, 0.25) is 0 Å². The summed E-state index contributed by atoms with van der Waals surface area (Å²) >= 11 is 0. The minimum Gasteiger partial charge on any atom is -0.345 e. The topological polar surface area (TPSA) is 109 Å². The summed E-state index contributed by atoms with van der Waals surface area (Å²) in [6.07, 6.45) is 7.33. The molecule has 0 aliphatic carbocycles. The van der Waals surface area contributed by atoms with Crippen LogP contribution in [0.15, 0.2) is 48.9 Å². The number of aromatic nitrogens is 3. The lowest BCUT2D eigenvalue weighted by atomic mass is 9.98. The second kappa shape index (κ2) is 9.15. The van der Waals surface area contributed by atoms with Gasteiger partial charge in [-0.15, -0.1) is 0 Å². The van der Waals surface area contributed by atoms with E-state index in [0.29, 0.717) is 66.9 Å². The molecule has 6 heterocycles. The fraction of sp³-hybridized carbons (Fsp3) is 0.276. The maximum Gasteiger partial charge on any atom is 0.320 e. The second-order valence-corrected chi connectivity index (χ2v) is 10.5. The molecule has 0 radical (unpaired) electrons. The van der Waals surface area contributed by atoms with E-state index in [1.807, 2.05) is 16.7 Å². The first kappa shape index (κ1) is 24.3. The number of imidazole rings is 1. The number of piperidine rings is 1. The lowest BCUT2D eigenvalue weighted by Gasteiger charge is -2.34. The fourth-order valence-electron chi connectivity index (χ4n) is 6.16. The third kappa shape index (κ3) is 3.72. The van der Waals surface area contributed by atoms with E-state index < -0.39 is 17.6 Å². The third-order valence-electron chi connectivity index (χ3n) is 8.13. The molecule has 4 aromatic rings. The standard InChI is InChI=1S/C29H25FN6O4/c30-19-11-18-14-35(29(40)33-7-4-17(16-37)5-8-33)10-9-34-15-21(20(12-19)26(18)34)24-25(28(39)32-27(24)38)22-13-31-23-3-1-2-6-36(22)23/h1-3,6,11-13,15-17H,4-5,7-10,14H2,(H,32,38,39). The van der Waals surface area contributed by atoms with Crippen molar-refractivity contribution in [2.45, 2.75) is 25.9 Å². The number of carbonyl (C=O) groups excluding carboxylic acids is 4. The Bertz CT molecular complexity index is 1780. The van der Waals surface area contributed by atoms with Crippen molar-refractivity contribution in [3.05, 3.63) is 71.6 Å². The molecule has 40 heavy (non-hydrogen) atoms. The summed E-state index contributed by atoms with van der Waals surface area (Å²) in [5.41, 5.74) is 3.25. The third-order valence-corrected chi connectivity index (χ3v) is 8.13. The lowest BCUT2D eigenvalue weighted by Crippen LogP contribution is -2.47. The smallest absolute Gasteiger partial charge is 0.320 e. The summed E-state index contributed by atoms with van der Waals surface area (Å²) in [6, 6.07) is 8.11. The molecule has 11 heteroatoms. The molecule has 0 saturated carbocycles. The molecule has 0 atom stereocenters. The van der Waals surface area contributed by atoms with Crippen LogP contribution in [0.4, 0.5) is 9.18 Å². The van der Waals surface area contributed by atoms with Gasteiger partial charge < -0.3 is 19.2 Å². The zero-order valence-corrected chi connectivity index (χ0v) is 21.5. The molecule has 10 nitrogen and oxygen atoms in total. The molecule has 3 aliphatic rings. The van der Waals surface area contributed by atoms with Crippen LogP contribution in [-0.2, 0) is 27.5 Å². The van der Waals surface area contributed by atoms with Gasteiger partial charge in [0.1, 0.15) is 17.8 Å². The summed E-state index contributed by atoms with van der Waals surface area (Å²) in [5.74, 6) is -1.60. The molecule has 1 N–H and O–H groups in total. The highest BCUT2D eigenvalue weighted by Crippen LogP contribution is 2.38. The number of pyridine rings is 1. The Morgan fingerprint density at radius 2 is 1.82 bits per heavy atom. The van der Waals surface area contributed by atoms with Crippen LogP contribution in [0.25, 0.3) is 27.7 Å². The van der Waals surface area contributed by atoms with Gasteiger partial charge in [-0.05, 0) is 42.7 Å². The first-order chi connectivity index (χ1) is 19.4. The van der Waals surface area contributed by atoms with E-state index in [2.05, 4.69) is 10.3 Å². The zero-order valence-electron chi connectivity index (χ0n) is 21.5. The van der Waals surface area contributed by atoms with E-state index in [4.69, 9.17) is 0 Å². The molecule has 202 valence electrons. The summed E-state index contributed by atoms with van der Waals surface area (Å²) in [5, 5.41) is 2.91. The van der Waals surface area contributed by atoms with Crippen molar-refractivity contribution < 1.29 is 23.6 Å². The number of amides is 4. The van der Waals surface area contributed by atoms with E-state index in [1.54, 1.807) is 38.9 Å². The largest absolute Gasteiger partial charge is 0.345 e. The Morgan fingerprint density at radius 1 is 1.02 bits per heavy atom. The van der Waals surface area contributed by atoms with Crippen molar-refractivity contribution in [1.29, 1.82) is 0 Å². The Hall–Kier alpha value is -4.80. The van der Waals surface area contributed by atoms with Gasteiger partial charge in [0.05, 0.1) is 28.6 Å². The average molecular weight is 541 g/mol. The summed E-state index contributed by atoms with van der Waals surface area (Å²) in [4.78, 5) is 58.6. The van der Waals surface area contributed by atoms with Crippen LogP contribution < -0.4 is 5.32 Å². The summed E-state index contributed by atoms with van der Waals surface area (Å²) in [6.45, 7) is 2.04. The van der Waals surface area contributed by atoms with Crippen molar-refractivity contribution in [3.8, 4) is 0 Å². The van der Waals surface area contributed by atoms with Gasteiger partial charge in [0.25, 0.3) is 11.8 Å². The minimum absolute atomic E-state index is 0.0189. The normalized spacial score (nSPS) is 18.1. The molecule has 0 bridgehead atoms. The predicted octanol–water partition coefficient (Wildman–Crippen LogP) is 2.84. The number of fused-ring (bicyclic) bond motifs is 1. The molecule has 0 spiro atoms. The van der Waals surface area contributed by atoms with Gasteiger partial charge in [0.15, 0.2) is 0 Å². The Balaban J connectivity index is 1.31. The zero-order chi connectivity index (χ0) is 27.5. The Kier molecular flexibility index (Phi) is 5.55. The van der Waals surface area contributed by atoms with Gasteiger partial charge >= 0.3 is 6.03 Å². The van der Waals surface area contributed by atoms with Crippen molar-refractivity contribution in [2.24, 2.45) is 5.92 Å². The maximum absolute atomic E-state index is 15.1. The number of hydrogen-bond donors (Lipinski definition) is 1. The summed E-state index contributed by atoms with van der Waals surface area (Å²) < 4.78 is 18.8. The van der Waals surface area contributed by atoms with E-state index in [1.165, 1.54) is 12.1 Å². The van der Waals surface area contributed by atoms with Crippen LogP contribution in [0.1, 0.15) is 29.7 Å². The SMILES string of the molecule is O=CC1CCN(C(=O)N2CCn3cc(C4=C(c5cnc6ccccn56)C(=O)NC4=O)c4cc(F)cc(c43)C2)CC1. The molecule has 1 saturated heterocycles. The minimum atomic E-state index is -0.552. The Labute approximate surface area is 227 Å². The van der Waals surface area contributed by atoms with Crippen LogP contribution >= 0.6 is 0 Å². The molecule has 3 aliphatic heterocycles. The molecule has 1 fully saturated rings. The number of rotatable bonds is 3. The number of imide groups is 1. The van der Waals surface area contributed by atoms with Crippen molar-refractivity contribution >= 4 is 51.8 Å². The highest BCUT2D eigenvalue weighted by molar-refractivity contribution is 6.49. The van der Waals surface area contributed by atoms with Crippen LogP contribution in [0.5, 0.6) is 0 Å². The lowest BCUT2D eigenvalue weighted by molar-refractivity contribution is -0.122. The Morgan fingerprint density at radius 3 is 2.62 bits per heavy atom. The maximum atomic E-state index is 15.1. The highest BCUT2D eigenvalue weighted by atomic mass is 19.1. The number of carbonyl (C=O) groups is 4. The number of nitrogens with one attached hydrogen (secondary N) is 1. The number of likely N-dealkylation sites (tertiary alicyclic amines) is 1. The number of halogens is 1. The molecule has 1 aromatic carbocycles. The molecule has 4 amide bonds. The van der Waals surface area contributed by atoms with Gasteiger partial charge in [-0.25, -0.2) is 14.2 Å². The fourth-order valence-corrected chi connectivity index (χ4v) is 6.16. The number of aldehydes is 1. The van der Waals surface area contributed by atoms with Crippen molar-refractivity contribution in [1.82, 2.24) is 29.1 Å². The monoisotopic (exact) mass is 540 g/mol. The second-order valence-electron chi connectivity index (χ2n) is 10.5. The molecule has 3 aromatic heterocycles. The number of benzene rings is 1.